The molecule has 0 saturated carbocycles. The molecule has 0 spiro atoms. The molecule has 0 aliphatic rings. The van der Waals surface area contributed by atoms with Crippen LogP contribution in [0.25, 0.3) is 71.3 Å². The highest BCUT2D eigenvalue weighted by Crippen LogP contribution is 2.43. The molecule has 0 saturated heterocycles. The van der Waals surface area contributed by atoms with E-state index in [1.807, 2.05) is 42.5 Å². The van der Waals surface area contributed by atoms with Gasteiger partial charge in [0.05, 0.1) is 23.6 Å². The first-order chi connectivity index (χ1) is 27.9. The van der Waals surface area contributed by atoms with Crippen molar-refractivity contribution in [2.75, 3.05) is 4.90 Å². The minimum absolute atomic E-state index is 0.185. The van der Waals surface area contributed by atoms with Crippen LogP contribution in [-0.2, 0) is 0 Å². The van der Waals surface area contributed by atoms with Gasteiger partial charge < -0.3 is 9.47 Å². The summed E-state index contributed by atoms with van der Waals surface area (Å²) in [5.41, 5.74) is 9.25. The maximum absolute atomic E-state index is 8.54. The van der Waals surface area contributed by atoms with E-state index in [4.69, 9.17) is 6.85 Å². The summed E-state index contributed by atoms with van der Waals surface area (Å²) in [6.45, 7) is 0. The summed E-state index contributed by atoms with van der Waals surface area (Å²) in [5.74, 6) is 0. The maximum Gasteiger partial charge on any atom is 0.0629 e. The molecule has 2 heteroatoms. The molecule has 2 nitrogen and oxygen atoms in total. The lowest BCUT2D eigenvalue weighted by molar-refractivity contribution is 1.19. The monoisotopic (exact) mass is 667 g/mol. The van der Waals surface area contributed by atoms with Gasteiger partial charge in [-0.3, -0.25) is 0 Å². The number of para-hydroxylation sites is 2. The van der Waals surface area contributed by atoms with Gasteiger partial charge in [-0.25, -0.2) is 0 Å². The normalized spacial score (nSPS) is 12.8. The molecule has 0 fully saturated rings. The van der Waals surface area contributed by atoms with Crippen molar-refractivity contribution >= 4 is 60.4 Å². The first-order valence-corrected chi connectivity index (χ1v) is 17.4. The van der Waals surface area contributed by atoms with Crippen molar-refractivity contribution in [1.29, 1.82) is 0 Å². The third-order valence-corrected chi connectivity index (χ3v) is 10.0. The quantitative estimate of drug-likeness (QED) is 0.171. The number of aromatic nitrogens is 1. The van der Waals surface area contributed by atoms with E-state index in [1.165, 1.54) is 27.1 Å². The third-order valence-electron chi connectivity index (χ3n) is 10.0. The van der Waals surface area contributed by atoms with Gasteiger partial charge in [-0.15, -0.1) is 0 Å². The van der Waals surface area contributed by atoms with Crippen molar-refractivity contribution in [1.82, 2.24) is 4.57 Å². The number of anilines is 3. The molecule has 0 unspecified atom stereocenters. The van der Waals surface area contributed by atoms with Crippen LogP contribution in [0.3, 0.4) is 0 Å². The summed E-state index contributed by atoms with van der Waals surface area (Å²) in [7, 11) is 0. The van der Waals surface area contributed by atoms with E-state index in [0.29, 0.717) is 5.56 Å². The number of hydrogen-bond donors (Lipinski definition) is 0. The fraction of sp³-hybridized carbons (Fsp3) is 0. The van der Waals surface area contributed by atoms with Crippen LogP contribution >= 0.6 is 0 Å². The number of fused-ring (bicyclic) bond motifs is 6. The van der Waals surface area contributed by atoms with Crippen molar-refractivity contribution in [3.05, 3.63) is 206 Å². The SMILES string of the molecule is [2H]c1c([2H])c([2H])c(-c2ccc(N(c3ccccc3)c3cccc4c(-c5ccc6c7ccc8ccccc8c7n(-c7ccccc7)c6c5)cccc34)cc2)c([2H])c1[2H]. The van der Waals surface area contributed by atoms with Gasteiger partial charge in [0.25, 0.3) is 0 Å². The molecule has 0 radical (unpaired) electrons. The fourth-order valence-electron chi connectivity index (χ4n) is 7.71. The van der Waals surface area contributed by atoms with Crippen LogP contribution in [0.4, 0.5) is 17.1 Å². The Morgan fingerprint density at radius 2 is 1.08 bits per heavy atom. The van der Waals surface area contributed by atoms with Crippen LogP contribution in [0.15, 0.2) is 206 Å². The lowest BCUT2D eigenvalue weighted by Gasteiger charge is -2.27. The van der Waals surface area contributed by atoms with E-state index in [-0.39, 0.29) is 29.7 Å². The van der Waals surface area contributed by atoms with Gasteiger partial charge in [-0.1, -0.05) is 158 Å². The third kappa shape index (κ3) is 4.96. The minimum Gasteiger partial charge on any atom is -0.310 e. The Bertz CT molecular complexity index is 3150. The van der Waals surface area contributed by atoms with Crippen molar-refractivity contribution < 1.29 is 6.85 Å². The van der Waals surface area contributed by atoms with Crippen molar-refractivity contribution in [2.45, 2.75) is 0 Å². The molecule has 0 N–H and O–H groups in total. The largest absolute Gasteiger partial charge is 0.310 e. The lowest BCUT2D eigenvalue weighted by atomic mass is 9.95. The van der Waals surface area contributed by atoms with Gasteiger partial charge in [0.15, 0.2) is 0 Å². The molecule has 10 aromatic rings. The van der Waals surface area contributed by atoms with Crippen LogP contribution in [0.1, 0.15) is 6.85 Å². The van der Waals surface area contributed by atoms with Gasteiger partial charge in [-0.2, -0.15) is 0 Å². The summed E-state index contributed by atoms with van der Waals surface area (Å²) < 4.78 is 43.9. The van der Waals surface area contributed by atoms with E-state index >= 15 is 0 Å². The Hall–Kier alpha value is -6.90. The molecule has 244 valence electrons. The van der Waals surface area contributed by atoms with Gasteiger partial charge in [0.2, 0.25) is 0 Å². The van der Waals surface area contributed by atoms with Crippen LogP contribution in [-0.4, -0.2) is 4.57 Å². The summed E-state index contributed by atoms with van der Waals surface area (Å²) in [6.07, 6.45) is 0. The van der Waals surface area contributed by atoms with Crippen molar-refractivity contribution in [2.24, 2.45) is 0 Å². The second-order valence-electron chi connectivity index (χ2n) is 13.0. The van der Waals surface area contributed by atoms with Gasteiger partial charge in [0.1, 0.15) is 0 Å². The second kappa shape index (κ2) is 12.5. The van der Waals surface area contributed by atoms with Gasteiger partial charge >= 0.3 is 0 Å². The summed E-state index contributed by atoms with van der Waals surface area (Å²) in [4.78, 5) is 2.21. The average Bonchev–Trinajstić information content (AvgIpc) is 3.60. The van der Waals surface area contributed by atoms with Gasteiger partial charge in [-0.05, 0) is 81.6 Å². The zero-order valence-corrected chi connectivity index (χ0v) is 28.1. The predicted octanol–water partition coefficient (Wildman–Crippen LogP) is 13.9. The van der Waals surface area contributed by atoms with Crippen molar-refractivity contribution in [3.63, 3.8) is 0 Å². The molecule has 0 amide bonds. The molecule has 0 bridgehead atoms. The predicted molar refractivity (Wildman–Crippen MR) is 221 cm³/mol. The maximum atomic E-state index is 8.54. The molecule has 0 aliphatic heterocycles. The summed E-state index contributed by atoms with van der Waals surface area (Å²) in [5, 5.41) is 7.02. The minimum atomic E-state index is -0.400. The first-order valence-electron chi connectivity index (χ1n) is 19.9. The fourth-order valence-corrected chi connectivity index (χ4v) is 7.71. The van der Waals surface area contributed by atoms with Crippen LogP contribution in [0.2, 0.25) is 0 Å². The Morgan fingerprint density at radius 3 is 1.90 bits per heavy atom. The number of hydrogen-bond acceptors (Lipinski definition) is 1. The topological polar surface area (TPSA) is 8.17 Å². The van der Waals surface area contributed by atoms with Crippen LogP contribution in [0, 0.1) is 0 Å². The summed E-state index contributed by atoms with van der Waals surface area (Å²) in [6, 6.07) is 59.6. The zero-order chi connectivity index (χ0) is 38.8. The van der Waals surface area contributed by atoms with Crippen LogP contribution in [0.5, 0.6) is 0 Å². The smallest absolute Gasteiger partial charge is 0.0629 e. The van der Waals surface area contributed by atoms with E-state index < -0.39 is 6.04 Å². The highest BCUT2D eigenvalue weighted by molar-refractivity contribution is 6.19. The number of benzene rings is 9. The molecule has 0 aliphatic carbocycles. The van der Waals surface area contributed by atoms with E-state index in [1.54, 1.807) is 0 Å². The molecule has 1 heterocycles. The van der Waals surface area contributed by atoms with E-state index in [0.717, 1.165) is 50.2 Å². The second-order valence-corrected chi connectivity index (χ2v) is 13.0. The zero-order valence-electron chi connectivity index (χ0n) is 33.1. The molecule has 10 rings (SSSR count). The molecule has 52 heavy (non-hydrogen) atoms. The molecule has 9 aromatic carbocycles. The van der Waals surface area contributed by atoms with Gasteiger partial charge in [0, 0.05) is 38.6 Å². The lowest BCUT2D eigenvalue weighted by Crippen LogP contribution is -2.10. The van der Waals surface area contributed by atoms with Crippen molar-refractivity contribution in [3.8, 4) is 27.9 Å². The first kappa shape index (κ1) is 25.1. The highest BCUT2D eigenvalue weighted by atomic mass is 15.1. The molecular formula is C50H34N2. The molecule has 0 atom stereocenters. The Balaban J connectivity index is 1.15. The Kier molecular flexibility index (Phi) is 6.01. The summed E-state index contributed by atoms with van der Waals surface area (Å²) >= 11 is 0. The Morgan fingerprint density at radius 1 is 0.423 bits per heavy atom. The number of rotatable bonds is 6. The Labute approximate surface area is 310 Å². The average molecular weight is 668 g/mol. The molecular weight excluding hydrogens is 629 g/mol. The standard InChI is InChI=1S/C50H34N2/c1-4-14-35(15-5-1)36-26-30-41(31-27-36)51(39-17-6-2-7-18-39)48-25-13-23-44-42(22-12-24-45(44)48)38-29-32-46-47-33-28-37-16-10-11-21-43(37)50(47)52(49(46)34-38)40-19-8-3-9-20-40/h1-34H/i1D,4D,5D,14D,15D. The van der Waals surface area contributed by atoms with E-state index in [2.05, 4.69) is 143 Å². The highest BCUT2D eigenvalue weighted by Gasteiger charge is 2.19. The molecule has 1 aromatic heterocycles. The van der Waals surface area contributed by atoms with Crippen LogP contribution < -0.4 is 4.90 Å². The number of nitrogens with zero attached hydrogens (tertiary/aromatic N) is 2. The van der Waals surface area contributed by atoms with E-state index in [9.17, 15) is 0 Å².